The molecule has 0 aromatic heterocycles. The molecule has 0 spiro atoms. The molecule has 2 aromatic carbocycles. The molecule has 0 unspecified atom stereocenters. The quantitative estimate of drug-likeness (QED) is 0.566. The number of hydrogen-bond acceptors (Lipinski definition) is 7. The number of carbonyl (C=O) groups excluding carboxylic acids is 2. The van der Waals surface area contributed by atoms with Crippen LogP contribution in [0.25, 0.3) is 0 Å². The Labute approximate surface area is 186 Å². The fourth-order valence-corrected chi connectivity index (χ4v) is 3.77. The summed E-state index contributed by atoms with van der Waals surface area (Å²) in [5, 5.41) is 0. The maximum absolute atomic E-state index is 14.5. The highest BCUT2D eigenvalue weighted by atomic mass is 19.1. The van der Waals surface area contributed by atoms with Crippen molar-refractivity contribution in [3.8, 4) is 11.5 Å². The number of rotatable bonds is 8. The second-order valence-electron chi connectivity index (χ2n) is 7.55. The van der Waals surface area contributed by atoms with Gasteiger partial charge in [-0.3, -0.25) is 0 Å². The van der Waals surface area contributed by atoms with Crippen LogP contribution in [0.2, 0.25) is 0 Å². The van der Waals surface area contributed by atoms with Crippen molar-refractivity contribution < 1.29 is 37.7 Å². The van der Waals surface area contributed by atoms with E-state index in [1.165, 1.54) is 27.4 Å². The first-order valence-electron chi connectivity index (χ1n) is 10.3. The molecule has 1 aliphatic rings. The Hall–Kier alpha value is -3.13. The number of ether oxygens (including phenoxy) is 5. The van der Waals surface area contributed by atoms with Gasteiger partial charge in [-0.1, -0.05) is 30.3 Å². The zero-order chi connectivity index (χ0) is 23.1. The Kier molecular flexibility index (Phi) is 7.69. The molecule has 0 N–H and O–H groups in total. The normalized spacial score (nSPS) is 20.3. The standard InChI is InChI=1S/C24H27FO7/c1-28-20-14-19(25)21(13-18(20)22(26)29-2)32-17-9-11-24(30-3,12-10-17)23(27)31-15-16-7-5-4-6-8-16/h4-8,13-14,17H,9-12,15H2,1-3H3. The molecule has 0 heterocycles. The lowest BCUT2D eigenvalue weighted by atomic mass is 9.83. The molecule has 0 amide bonds. The largest absolute Gasteiger partial charge is 0.496 e. The molecule has 32 heavy (non-hydrogen) atoms. The maximum atomic E-state index is 14.5. The minimum atomic E-state index is -1.07. The van der Waals surface area contributed by atoms with Crippen LogP contribution in [-0.2, 0) is 25.6 Å². The highest BCUT2D eigenvalue weighted by Gasteiger charge is 2.44. The molecule has 2 aromatic rings. The fourth-order valence-electron chi connectivity index (χ4n) is 3.77. The third-order valence-corrected chi connectivity index (χ3v) is 5.67. The van der Waals surface area contributed by atoms with E-state index in [1.807, 2.05) is 30.3 Å². The van der Waals surface area contributed by atoms with Gasteiger partial charge in [0.15, 0.2) is 17.2 Å². The summed E-state index contributed by atoms with van der Waals surface area (Å²) in [5.74, 6) is -1.75. The van der Waals surface area contributed by atoms with Crippen LogP contribution in [0.4, 0.5) is 4.39 Å². The van der Waals surface area contributed by atoms with Crippen LogP contribution in [0.5, 0.6) is 11.5 Å². The number of carbonyl (C=O) groups is 2. The monoisotopic (exact) mass is 446 g/mol. The number of benzene rings is 2. The number of halogens is 1. The van der Waals surface area contributed by atoms with E-state index in [1.54, 1.807) is 0 Å². The van der Waals surface area contributed by atoms with Gasteiger partial charge in [0, 0.05) is 19.2 Å². The van der Waals surface area contributed by atoms with Crippen LogP contribution in [0.15, 0.2) is 42.5 Å². The van der Waals surface area contributed by atoms with Gasteiger partial charge in [0.1, 0.15) is 17.9 Å². The summed E-state index contributed by atoms with van der Waals surface area (Å²) in [7, 11) is 4.05. The predicted octanol–water partition coefficient (Wildman–Crippen LogP) is 4.07. The minimum absolute atomic E-state index is 0.0601. The molecule has 1 fully saturated rings. The molecule has 1 aliphatic carbocycles. The fraction of sp³-hybridized carbons (Fsp3) is 0.417. The number of esters is 2. The average Bonchev–Trinajstić information content (AvgIpc) is 2.84. The van der Waals surface area contributed by atoms with Gasteiger partial charge in [0.05, 0.1) is 20.3 Å². The number of hydrogen-bond donors (Lipinski definition) is 0. The Morgan fingerprint density at radius 3 is 2.31 bits per heavy atom. The molecular weight excluding hydrogens is 419 g/mol. The van der Waals surface area contributed by atoms with Gasteiger partial charge in [0.25, 0.3) is 0 Å². The van der Waals surface area contributed by atoms with Crippen molar-refractivity contribution >= 4 is 11.9 Å². The smallest absolute Gasteiger partial charge is 0.341 e. The van der Waals surface area contributed by atoms with Crippen LogP contribution in [-0.4, -0.2) is 45.0 Å². The van der Waals surface area contributed by atoms with Crippen molar-refractivity contribution in [3.63, 3.8) is 0 Å². The van der Waals surface area contributed by atoms with Crippen molar-refractivity contribution in [1.82, 2.24) is 0 Å². The Morgan fingerprint density at radius 2 is 1.72 bits per heavy atom. The molecule has 0 radical (unpaired) electrons. The van der Waals surface area contributed by atoms with Crippen LogP contribution in [0, 0.1) is 5.82 Å². The first-order valence-corrected chi connectivity index (χ1v) is 10.3. The number of methoxy groups -OCH3 is 3. The molecule has 7 nitrogen and oxygen atoms in total. The van der Waals surface area contributed by atoms with Gasteiger partial charge in [-0.15, -0.1) is 0 Å². The van der Waals surface area contributed by atoms with Crippen LogP contribution in [0.3, 0.4) is 0 Å². The Morgan fingerprint density at radius 1 is 1.03 bits per heavy atom. The van der Waals surface area contributed by atoms with Gasteiger partial charge in [0.2, 0.25) is 0 Å². The molecule has 0 aliphatic heterocycles. The zero-order valence-electron chi connectivity index (χ0n) is 18.4. The van der Waals surface area contributed by atoms with Crippen molar-refractivity contribution in [2.75, 3.05) is 21.3 Å². The van der Waals surface area contributed by atoms with E-state index in [9.17, 15) is 14.0 Å². The molecule has 1 saturated carbocycles. The van der Waals surface area contributed by atoms with E-state index in [-0.39, 0.29) is 29.8 Å². The summed E-state index contributed by atoms with van der Waals surface area (Å²) < 4.78 is 41.1. The lowest BCUT2D eigenvalue weighted by Gasteiger charge is -2.37. The molecule has 8 heteroatoms. The van der Waals surface area contributed by atoms with Crippen LogP contribution in [0.1, 0.15) is 41.6 Å². The molecule has 172 valence electrons. The van der Waals surface area contributed by atoms with Crippen molar-refractivity contribution in [2.45, 2.75) is 44.0 Å². The summed E-state index contributed by atoms with van der Waals surface area (Å²) in [6.07, 6.45) is 1.28. The molecular formula is C24H27FO7. The summed E-state index contributed by atoms with van der Waals surface area (Å²) in [6.45, 7) is 0.165. The van der Waals surface area contributed by atoms with Crippen LogP contribution < -0.4 is 9.47 Å². The lowest BCUT2D eigenvalue weighted by Crippen LogP contribution is -2.47. The molecule has 0 saturated heterocycles. The van der Waals surface area contributed by atoms with E-state index < -0.39 is 23.4 Å². The van der Waals surface area contributed by atoms with E-state index in [4.69, 9.17) is 23.7 Å². The van der Waals surface area contributed by atoms with Crippen molar-refractivity contribution in [1.29, 1.82) is 0 Å². The van der Waals surface area contributed by atoms with Gasteiger partial charge >= 0.3 is 11.9 Å². The second kappa shape index (κ2) is 10.5. The van der Waals surface area contributed by atoms with E-state index in [2.05, 4.69) is 0 Å². The molecule has 0 atom stereocenters. The predicted molar refractivity (Wildman–Crippen MR) is 113 cm³/mol. The first-order chi connectivity index (χ1) is 15.4. The molecule has 0 bridgehead atoms. The Bertz CT molecular complexity index is 937. The Balaban J connectivity index is 1.64. The lowest BCUT2D eigenvalue weighted by molar-refractivity contribution is -0.176. The highest BCUT2D eigenvalue weighted by Crippen LogP contribution is 2.36. The SMILES string of the molecule is COC(=O)c1cc(OC2CCC(OC)(C(=O)OCc3ccccc3)CC2)c(F)cc1OC. The van der Waals surface area contributed by atoms with Gasteiger partial charge in [-0.05, 0) is 31.2 Å². The average molecular weight is 446 g/mol. The van der Waals surface area contributed by atoms with Crippen molar-refractivity contribution in [2.24, 2.45) is 0 Å². The topological polar surface area (TPSA) is 80.3 Å². The van der Waals surface area contributed by atoms with Crippen molar-refractivity contribution in [3.05, 3.63) is 59.4 Å². The van der Waals surface area contributed by atoms with E-state index >= 15 is 0 Å². The maximum Gasteiger partial charge on any atom is 0.341 e. The summed E-state index contributed by atoms with van der Waals surface area (Å²) in [5.41, 5.74) is -0.108. The zero-order valence-corrected chi connectivity index (χ0v) is 18.4. The summed E-state index contributed by atoms with van der Waals surface area (Å²) in [6, 6.07) is 11.8. The van der Waals surface area contributed by atoms with E-state index in [0.29, 0.717) is 25.7 Å². The minimum Gasteiger partial charge on any atom is -0.496 e. The summed E-state index contributed by atoms with van der Waals surface area (Å²) in [4.78, 5) is 24.7. The van der Waals surface area contributed by atoms with E-state index in [0.717, 1.165) is 11.6 Å². The van der Waals surface area contributed by atoms with Crippen LogP contribution >= 0.6 is 0 Å². The third kappa shape index (κ3) is 5.19. The van der Waals surface area contributed by atoms with Gasteiger partial charge in [-0.25, -0.2) is 14.0 Å². The summed E-state index contributed by atoms with van der Waals surface area (Å²) >= 11 is 0. The highest BCUT2D eigenvalue weighted by molar-refractivity contribution is 5.93. The molecule has 3 rings (SSSR count). The second-order valence-corrected chi connectivity index (χ2v) is 7.55. The van der Waals surface area contributed by atoms with Gasteiger partial charge in [-0.2, -0.15) is 0 Å². The first kappa shape index (κ1) is 23.5. The van der Waals surface area contributed by atoms with Gasteiger partial charge < -0.3 is 23.7 Å². The third-order valence-electron chi connectivity index (χ3n) is 5.67.